The van der Waals surface area contributed by atoms with Gasteiger partial charge in [0, 0.05) is 20.1 Å². The molecule has 1 atom stereocenters. The minimum absolute atomic E-state index is 0.629. The number of hydrogen-bond donors (Lipinski definition) is 2. The number of hydrogen-bond acceptors (Lipinski definition) is 4. The van der Waals surface area contributed by atoms with Crippen LogP contribution in [0.1, 0.15) is 30.9 Å². The number of nitrogens with one attached hydrogen (secondary N) is 1. The molecule has 1 aromatic rings. The Hall–Kier alpha value is -1.10. The molecule has 0 aliphatic carbocycles. The highest BCUT2D eigenvalue weighted by atomic mass is 16.5. The second kappa shape index (κ2) is 7.78. The van der Waals surface area contributed by atoms with E-state index in [1.165, 1.54) is 11.1 Å². The van der Waals surface area contributed by atoms with Crippen molar-refractivity contribution in [2.75, 3.05) is 33.4 Å². The molecule has 1 aliphatic heterocycles. The number of methoxy groups -OCH3 is 1. The highest BCUT2D eigenvalue weighted by Gasteiger charge is 2.20. The molecule has 1 aromatic carbocycles. The second-order valence-corrected chi connectivity index (χ2v) is 6.03. The number of aliphatic hydroxyl groups is 1. The van der Waals surface area contributed by atoms with Crippen LogP contribution in [0, 0.1) is 0 Å². The topological polar surface area (TPSA) is 50.7 Å². The molecule has 1 heterocycles. The van der Waals surface area contributed by atoms with Crippen molar-refractivity contribution in [2.45, 2.75) is 38.2 Å². The van der Waals surface area contributed by atoms with E-state index in [2.05, 4.69) is 23.5 Å². The predicted octanol–water partition coefficient (Wildman–Crippen LogP) is 1.93. The maximum Gasteiger partial charge on any atom is 0.122 e. The molecule has 21 heavy (non-hydrogen) atoms. The summed E-state index contributed by atoms with van der Waals surface area (Å²) in [4.78, 5) is 0. The summed E-state index contributed by atoms with van der Waals surface area (Å²) in [6, 6.07) is 6.38. The van der Waals surface area contributed by atoms with Crippen LogP contribution in [-0.2, 0) is 17.6 Å². The standard InChI is InChI=1S/C17H27NO3/c1-17(19,8-9-18-10-12-20-2)7-5-14-3-4-16-15(13-14)6-11-21-16/h3-4,13,18-19H,5-12H2,1-2H3. The van der Waals surface area contributed by atoms with Crippen LogP contribution in [0.5, 0.6) is 5.75 Å². The normalized spacial score (nSPS) is 16.3. The molecule has 1 unspecified atom stereocenters. The van der Waals surface area contributed by atoms with E-state index in [0.717, 1.165) is 51.1 Å². The van der Waals surface area contributed by atoms with Gasteiger partial charge in [-0.25, -0.2) is 0 Å². The molecular formula is C17H27NO3. The van der Waals surface area contributed by atoms with Crippen molar-refractivity contribution < 1.29 is 14.6 Å². The Morgan fingerprint density at radius 1 is 1.33 bits per heavy atom. The smallest absolute Gasteiger partial charge is 0.122 e. The lowest BCUT2D eigenvalue weighted by Crippen LogP contribution is -2.31. The van der Waals surface area contributed by atoms with Crippen LogP contribution in [0.25, 0.3) is 0 Å². The lowest BCUT2D eigenvalue weighted by Gasteiger charge is -2.23. The third kappa shape index (κ3) is 5.30. The molecule has 0 radical (unpaired) electrons. The quantitative estimate of drug-likeness (QED) is 0.683. The molecule has 2 rings (SSSR count). The first kappa shape index (κ1) is 16.3. The van der Waals surface area contributed by atoms with E-state index in [-0.39, 0.29) is 0 Å². The highest BCUT2D eigenvalue weighted by molar-refractivity contribution is 5.39. The van der Waals surface area contributed by atoms with Crippen molar-refractivity contribution in [3.05, 3.63) is 29.3 Å². The molecule has 0 aromatic heterocycles. The van der Waals surface area contributed by atoms with Crippen LogP contribution in [-0.4, -0.2) is 44.1 Å². The molecule has 0 saturated heterocycles. The fourth-order valence-corrected chi connectivity index (χ4v) is 2.59. The van der Waals surface area contributed by atoms with Gasteiger partial charge in [-0.2, -0.15) is 0 Å². The van der Waals surface area contributed by atoms with E-state index < -0.39 is 5.60 Å². The molecule has 4 nitrogen and oxygen atoms in total. The summed E-state index contributed by atoms with van der Waals surface area (Å²) in [7, 11) is 1.69. The van der Waals surface area contributed by atoms with Gasteiger partial charge in [0.25, 0.3) is 0 Å². The van der Waals surface area contributed by atoms with Crippen LogP contribution < -0.4 is 10.1 Å². The fourth-order valence-electron chi connectivity index (χ4n) is 2.59. The second-order valence-electron chi connectivity index (χ2n) is 6.03. The van der Waals surface area contributed by atoms with Crippen LogP contribution in [0.4, 0.5) is 0 Å². The Bertz CT molecular complexity index is 446. The molecule has 2 N–H and O–H groups in total. The first-order valence-corrected chi connectivity index (χ1v) is 7.77. The highest BCUT2D eigenvalue weighted by Crippen LogP contribution is 2.27. The summed E-state index contributed by atoms with van der Waals surface area (Å²) in [5.74, 6) is 1.02. The number of fused-ring (bicyclic) bond motifs is 1. The zero-order chi connectivity index (χ0) is 15.1. The lowest BCUT2D eigenvalue weighted by molar-refractivity contribution is 0.0421. The summed E-state index contributed by atoms with van der Waals surface area (Å²) in [6.45, 7) is 5.07. The van der Waals surface area contributed by atoms with Gasteiger partial charge < -0.3 is 19.9 Å². The molecule has 0 saturated carbocycles. The van der Waals surface area contributed by atoms with E-state index in [0.29, 0.717) is 6.61 Å². The van der Waals surface area contributed by atoms with Crippen LogP contribution in [0.3, 0.4) is 0 Å². The molecule has 0 amide bonds. The van der Waals surface area contributed by atoms with Gasteiger partial charge in [-0.1, -0.05) is 12.1 Å². The average molecular weight is 293 g/mol. The number of aryl methyl sites for hydroxylation is 1. The first-order valence-electron chi connectivity index (χ1n) is 7.77. The fraction of sp³-hybridized carbons (Fsp3) is 0.647. The monoisotopic (exact) mass is 293 g/mol. The van der Waals surface area contributed by atoms with Crippen molar-refractivity contribution in [1.29, 1.82) is 0 Å². The molecule has 0 spiro atoms. The number of rotatable bonds is 9. The van der Waals surface area contributed by atoms with Gasteiger partial charge in [0.05, 0.1) is 18.8 Å². The lowest BCUT2D eigenvalue weighted by atomic mass is 9.93. The van der Waals surface area contributed by atoms with Gasteiger partial charge in [0.2, 0.25) is 0 Å². The van der Waals surface area contributed by atoms with Crippen LogP contribution >= 0.6 is 0 Å². The van der Waals surface area contributed by atoms with Gasteiger partial charge in [-0.05, 0) is 49.9 Å². The van der Waals surface area contributed by atoms with Gasteiger partial charge in [0.1, 0.15) is 5.75 Å². The Morgan fingerprint density at radius 2 is 2.19 bits per heavy atom. The van der Waals surface area contributed by atoms with Crippen molar-refractivity contribution in [3.8, 4) is 5.75 Å². The molecule has 0 fully saturated rings. The summed E-state index contributed by atoms with van der Waals surface area (Å²) < 4.78 is 10.5. The maximum atomic E-state index is 10.4. The van der Waals surface area contributed by atoms with E-state index in [9.17, 15) is 5.11 Å². The van der Waals surface area contributed by atoms with Crippen molar-refractivity contribution in [1.82, 2.24) is 5.32 Å². The van der Waals surface area contributed by atoms with Crippen LogP contribution in [0.15, 0.2) is 18.2 Å². The molecule has 118 valence electrons. The van der Waals surface area contributed by atoms with Gasteiger partial charge >= 0.3 is 0 Å². The third-order valence-corrected chi connectivity index (χ3v) is 4.03. The predicted molar refractivity (Wildman–Crippen MR) is 83.9 cm³/mol. The van der Waals surface area contributed by atoms with E-state index >= 15 is 0 Å². The van der Waals surface area contributed by atoms with Crippen molar-refractivity contribution in [3.63, 3.8) is 0 Å². The maximum absolute atomic E-state index is 10.4. The minimum Gasteiger partial charge on any atom is -0.493 e. The minimum atomic E-state index is -0.629. The Kier molecular flexibility index (Phi) is 6.03. The van der Waals surface area contributed by atoms with E-state index in [4.69, 9.17) is 9.47 Å². The largest absolute Gasteiger partial charge is 0.493 e. The number of benzene rings is 1. The van der Waals surface area contributed by atoms with Gasteiger partial charge in [0.15, 0.2) is 0 Å². The van der Waals surface area contributed by atoms with Crippen molar-refractivity contribution in [2.24, 2.45) is 0 Å². The summed E-state index contributed by atoms with van der Waals surface area (Å²) >= 11 is 0. The van der Waals surface area contributed by atoms with E-state index in [1.54, 1.807) is 7.11 Å². The molecule has 0 bridgehead atoms. The van der Waals surface area contributed by atoms with E-state index in [1.807, 2.05) is 6.92 Å². The third-order valence-electron chi connectivity index (χ3n) is 4.03. The Morgan fingerprint density at radius 3 is 3.00 bits per heavy atom. The summed E-state index contributed by atoms with van der Waals surface area (Å²) in [5, 5.41) is 13.7. The zero-order valence-corrected chi connectivity index (χ0v) is 13.2. The van der Waals surface area contributed by atoms with Gasteiger partial charge in [-0.3, -0.25) is 0 Å². The van der Waals surface area contributed by atoms with Gasteiger partial charge in [-0.15, -0.1) is 0 Å². The number of ether oxygens (including phenoxy) is 2. The Labute approximate surface area is 127 Å². The molecule has 1 aliphatic rings. The molecular weight excluding hydrogens is 266 g/mol. The Balaban J connectivity index is 1.73. The van der Waals surface area contributed by atoms with Crippen LogP contribution in [0.2, 0.25) is 0 Å². The average Bonchev–Trinajstić information content (AvgIpc) is 2.92. The first-order chi connectivity index (χ1) is 10.1. The summed E-state index contributed by atoms with van der Waals surface area (Å²) in [5.41, 5.74) is 1.95. The molecule has 4 heteroatoms. The van der Waals surface area contributed by atoms with Crippen molar-refractivity contribution >= 4 is 0 Å². The summed E-state index contributed by atoms with van der Waals surface area (Å²) in [6.07, 6.45) is 3.44. The SMILES string of the molecule is COCCNCCC(C)(O)CCc1ccc2c(c1)CCO2. The zero-order valence-electron chi connectivity index (χ0n) is 13.2.